The SMILES string of the molecule is CCCCCCCCCCC(=O)O[C@H](COC(=O)CCCCC)COP(=O)(O)O. The van der Waals surface area contributed by atoms with Gasteiger partial charge in [0.05, 0.1) is 6.61 Å². The summed E-state index contributed by atoms with van der Waals surface area (Å²) >= 11 is 0. The van der Waals surface area contributed by atoms with Crippen LogP contribution in [-0.2, 0) is 28.2 Å². The monoisotopic (exact) mass is 438 g/mol. The molecule has 0 aliphatic heterocycles. The molecule has 2 N–H and O–H groups in total. The fraction of sp³-hybridized carbons (Fsp3) is 0.900. The number of phosphoric acid groups is 1. The van der Waals surface area contributed by atoms with E-state index in [1.807, 2.05) is 6.92 Å². The van der Waals surface area contributed by atoms with Gasteiger partial charge in [0, 0.05) is 12.8 Å². The number of hydrogen-bond acceptors (Lipinski definition) is 6. The van der Waals surface area contributed by atoms with Gasteiger partial charge in [-0.1, -0.05) is 71.6 Å². The number of rotatable bonds is 19. The summed E-state index contributed by atoms with van der Waals surface area (Å²) in [6.07, 6.45) is 10.8. The van der Waals surface area contributed by atoms with Crippen LogP contribution < -0.4 is 0 Å². The lowest BCUT2D eigenvalue weighted by atomic mass is 10.1. The average molecular weight is 438 g/mol. The molecule has 0 aromatic heterocycles. The van der Waals surface area contributed by atoms with E-state index < -0.39 is 32.5 Å². The highest BCUT2D eigenvalue weighted by Crippen LogP contribution is 2.35. The minimum absolute atomic E-state index is 0.214. The van der Waals surface area contributed by atoms with E-state index in [2.05, 4.69) is 11.4 Å². The molecular formula is C20H39O8P. The highest BCUT2D eigenvalue weighted by Gasteiger charge is 2.22. The Balaban J connectivity index is 4.18. The predicted octanol–water partition coefficient (Wildman–Crippen LogP) is 4.66. The van der Waals surface area contributed by atoms with Crippen LogP contribution in [0.5, 0.6) is 0 Å². The van der Waals surface area contributed by atoms with Gasteiger partial charge in [-0.15, -0.1) is 0 Å². The first-order valence-corrected chi connectivity index (χ1v) is 12.4. The third kappa shape index (κ3) is 20.1. The van der Waals surface area contributed by atoms with Crippen LogP contribution in [0.3, 0.4) is 0 Å². The number of esters is 2. The lowest BCUT2D eigenvalue weighted by Gasteiger charge is -2.18. The lowest BCUT2D eigenvalue weighted by molar-refractivity contribution is -0.161. The van der Waals surface area contributed by atoms with E-state index in [-0.39, 0.29) is 19.4 Å². The zero-order valence-electron chi connectivity index (χ0n) is 18.0. The molecular weight excluding hydrogens is 399 g/mol. The van der Waals surface area contributed by atoms with Gasteiger partial charge in [0.15, 0.2) is 6.10 Å². The van der Waals surface area contributed by atoms with Crippen molar-refractivity contribution in [2.45, 2.75) is 103 Å². The molecule has 0 aliphatic rings. The Morgan fingerprint density at radius 1 is 0.759 bits per heavy atom. The molecule has 0 unspecified atom stereocenters. The number of carbonyl (C=O) groups excluding carboxylic acids is 2. The molecule has 0 bridgehead atoms. The molecule has 1 atom stereocenters. The third-order valence-corrected chi connectivity index (χ3v) is 4.86. The first kappa shape index (κ1) is 28.1. The quantitative estimate of drug-likeness (QED) is 0.170. The van der Waals surface area contributed by atoms with Crippen molar-refractivity contribution in [1.29, 1.82) is 0 Å². The van der Waals surface area contributed by atoms with Crippen molar-refractivity contribution >= 4 is 19.8 Å². The Morgan fingerprint density at radius 3 is 1.83 bits per heavy atom. The predicted molar refractivity (Wildman–Crippen MR) is 110 cm³/mol. The maximum Gasteiger partial charge on any atom is 0.469 e. The van der Waals surface area contributed by atoms with E-state index >= 15 is 0 Å². The highest BCUT2D eigenvalue weighted by atomic mass is 31.2. The molecule has 0 radical (unpaired) electrons. The lowest BCUT2D eigenvalue weighted by Crippen LogP contribution is -2.29. The minimum Gasteiger partial charge on any atom is -0.462 e. The highest BCUT2D eigenvalue weighted by molar-refractivity contribution is 7.46. The summed E-state index contributed by atoms with van der Waals surface area (Å²) in [5.41, 5.74) is 0. The first-order valence-electron chi connectivity index (χ1n) is 10.8. The molecule has 0 aromatic rings. The zero-order chi connectivity index (χ0) is 22.0. The summed E-state index contributed by atoms with van der Waals surface area (Å²) in [5, 5.41) is 0. The largest absolute Gasteiger partial charge is 0.469 e. The summed E-state index contributed by atoms with van der Waals surface area (Å²) in [6, 6.07) is 0. The van der Waals surface area contributed by atoms with Crippen molar-refractivity contribution in [2.75, 3.05) is 13.2 Å². The topological polar surface area (TPSA) is 119 Å². The van der Waals surface area contributed by atoms with Crippen LogP contribution in [0.2, 0.25) is 0 Å². The molecule has 0 spiro atoms. The minimum atomic E-state index is -4.71. The van der Waals surface area contributed by atoms with E-state index in [9.17, 15) is 14.2 Å². The number of unbranched alkanes of at least 4 members (excludes halogenated alkanes) is 9. The van der Waals surface area contributed by atoms with Gasteiger partial charge < -0.3 is 19.3 Å². The fourth-order valence-electron chi connectivity index (χ4n) is 2.72. The van der Waals surface area contributed by atoms with Crippen LogP contribution in [0, 0.1) is 0 Å². The maximum absolute atomic E-state index is 12.0. The number of ether oxygens (including phenoxy) is 2. The number of phosphoric ester groups is 1. The van der Waals surface area contributed by atoms with Crippen LogP contribution in [0.1, 0.15) is 97.3 Å². The van der Waals surface area contributed by atoms with Crippen LogP contribution >= 0.6 is 7.82 Å². The van der Waals surface area contributed by atoms with Gasteiger partial charge in [0.2, 0.25) is 0 Å². The number of hydrogen-bond donors (Lipinski definition) is 2. The van der Waals surface area contributed by atoms with Crippen LogP contribution in [-0.4, -0.2) is 41.0 Å². The summed E-state index contributed by atoms with van der Waals surface area (Å²) in [4.78, 5) is 41.4. The Hall–Kier alpha value is -0.950. The van der Waals surface area contributed by atoms with Crippen LogP contribution in [0.25, 0.3) is 0 Å². The molecule has 0 fully saturated rings. The molecule has 0 aromatic carbocycles. The van der Waals surface area contributed by atoms with Gasteiger partial charge >= 0.3 is 19.8 Å². The zero-order valence-corrected chi connectivity index (χ0v) is 18.9. The van der Waals surface area contributed by atoms with Crippen molar-refractivity contribution < 1.29 is 37.9 Å². The molecule has 0 aliphatic carbocycles. The van der Waals surface area contributed by atoms with Crippen molar-refractivity contribution in [1.82, 2.24) is 0 Å². The molecule has 0 amide bonds. The third-order valence-electron chi connectivity index (χ3n) is 4.38. The van der Waals surface area contributed by atoms with Crippen LogP contribution in [0.4, 0.5) is 0 Å². The van der Waals surface area contributed by atoms with Gasteiger partial charge in [0.1, 0.15) is 6.61 Å². The molecule has 0 rings (SSSR count). The average Bonchev–Trinajstić information content (AvgIpc) is 2.65. The van der Waals surface area contributed by atoms with Gasteiger partial charge in [-0.05, 0) is 12.8 Å². The molecule has 29 heavy (non-hydrogen) atoms. The van der Waals surface area contributed by atoms with Gasteiger partial charge in [-0.3, -0.25) is 14.1 Å². The molecule has 0 saturated carbocycles. The number of carbonyl (C=O) groups is 2. The molecule has 8 nitrogen and oxygen atoms in total. The summed E-state index contributed by atoms with van der Waals surface area (Å²) in [5.74, 6) is -0.920. The van der Waals surface area contributed by atoms with E-state index in [0.29, 0.717) is 12.8 Å². The maximum atomic E-state index is 12.0. The Bertz CT molecular complexity index is 477. The van der Waals surface area contributed by atoms with Crippen molar-refractivity contribution in [3.05, 3.63) is 0 Å². The summed E-state index contributed by atoms with van der Waals surface area (Å²) < 4.78 is 25.6. The summed E-state index contributed by atoms with van der Waals surface area (Å²) in [6.45, 7) is 3.38. The van der Waals surface area contributed by atoms with E-state index in [1.165, 1.54) is 25.7 Å². The molecule has 172 valence electrons. The Morgan fingerprint density at radius 2 is 1.24 bits per heavy atom. The van der Waals surface area contributed by atoms with Crippen molar-refractivity contribution in [3.63, 3.8) is 0 Å². The fourth-order valence-corrected chi connectivity index (χ4v) is 3.08. The van der Waals surface area contributed by atoms with E-state index in [0.717, 1.165) is 32.1 Å². The van der Waals surface area contributed by atoms with E-state index in [1.54, 1.807) is 0 Å². The Labute approximate surface area is 174 Å². The smallest absolute Gasteiger partial charge is 0.462 e. The summed E-state index contributed by atoms with van der Waals surface area (Å²) in [7, 11) is -4.71. The van der Waals surface area contributed by atoms with Crippen molar-refractivity contribution in [3.8, 4) is 0 Å². The van der Waals surface area contributed by atoms with Gasteiger partial charge in [0.25, 0.3) is 0 Å². The van der Waals surface area contributed by atoms with Gasteiger partial charge in [-0.2, -0.15) is 0 Å². The molecule has 0 saturated heterocycles. The van der Waals surface area contributed by atoms with Gasteiger partial charge in [-0.25, -0.2) is 4.57 Å². The Kier molecular flexibility index (Phi) is 17.3. The van der Waals surface area contributed by atoms with E-state index in [4.69, 9.17) is 19.3 Å². The normalized spacial score (nSPS) is 12.6. The molecule has 9 heteroatoms. The molecule has 0 heterocycles. The first-order chi connectivity index (χ1) is 13.8. The standard InChI is InChI=1S/C20H39O8P/c1-3-5-7-8-9-10-11-13-15-20(22)28-18(17-27-29(23,24)25)16-26-19(21)14-12-6-4-2/h18H,3-17H2,1-2H3,(H2,23,24,25)/t18-/m1/s1. The van der Waals surface area contributed by atoms with Crippen molar-refractivity contribution in [2.24, 2.45) is 0 Å². The second-order valence-corrected chi connectivity index (χ2v) is 8.50. The second kappa shape index (κ2) is 17.9. The van der Waals surface area contributed by atoms with Crippen LogP contribution in [0.15, 0.2) is 0 Å². The second-order valence-electron chi connectivity index (χ2n) is 7.26.